The molecule has 5 nitrogen and oxygen atoms in total. The summed E-state index contributed by atoms with van der Waals surface area (Å²) in [6.07, 6.45) is 1.26. The summed E-state index contributed by atoms with van der Waals surface area (Å²) >= 11 is -1.84. The lowest BCUT2D eigenvalue weighted by Gasteiger charge is -2.05. The third-order valence-corrected chi connectivity index (χ3v) is 3.81. The fourth-order valence-corrected chi connectivity index (χ4v) is 2.67. The number of nitrogens with zero attached hydrogens (tertiary/aromatic N) is 1. The maximum atomic E-state index is 11.6. The molecule has 0 fully saturated rings. The molecule has 0 aliphatic carbocycles. The Morgan fingerprint density at radius 2 is 1.81 bits per heavy atom. The van der Waals surface area contributed by atoms with Gasteiger partial charge >= 0.3 is 0 Å². The summed E-state index contributed by atoms with van der Waals surface area (Å²) in [5.41, 5.74) is 3.28. The number of hydrogen-bond acceptors (Lipinski definition) is 3. The number of aromatic amines is 1. The van der Waals surface area contributed by atoms with Gasteiger partial charge in [0.15, 0.2) is 11.1 Å². The minimum atomic E-state index is -1.84. The molecule has 0 amide bonds. The van der Waals surface area contributed by atoms with Crippen LogP contribution in [0.25, 0.3) is 22.0 Å². The molecule has 3 aromatic rings. The van der Waals surface area contributed by atoms with Crippen LogP contribution >= 0.6 is 0 Å². The summed E-state index contributed by atoms with van der Waals surface area (Å²) in [6.45, 7) is 0. The predicted octanol–water partition coefficient (Wildman–Crippen LogP) is 2.31. The number of nitrogens with one attached hydrogen (secondary N) is 1. The molecule has 3 rings (SSSR count). The van der Waals surface area contributed by atoms with Crippen LogP contribution in [0.5, 0.6) is 0 Å². The number of aromatic nitrogens is 2. The Bertz CT molecular complexity index is 872. The largest absolute Gasteiger partial charge is 0.306 e. The molecule has 0 saturated carbocycles. The highest BCUT2D eigenvalue weighted by Crippen LogP contribution is 2.22. The minimum absolute atomic E-state index is 0.115. The van der Waals surface area contributed by atoms with Crippen LogP contribution in [0.1, 0.15) is 5.56 Å². The molecule has 1 unspecified atom stereocenters. The highest BCUT2D eigenvalue weighted by molar-refractivity contribution is 7.78. The van der Waals surface area contributed by atoms with Gasteiger partial charge in [0, 0.05) is 5.39 Å². The van der Waals surface area contributed by atoms with Crippen LogP contribution in [0, 0.1) is 0 Å². The lowest BCUT2D eigenvalue weighted by molar-refractivity contribution is 0.563. The average Bonchev–Trinajstić information content (AvgIpc) is 2.47. The maximum absolute atomic E-state index is 11.6. The molecule has 0 saturated heterocycles. The fourth-order valence-electron chi connectivity index (χ4n) is 2.20. The molecule has 0 bridgehead atoms. The number of benzene rings is 2. The standard InChI is InChI=1S/C15H12N2O3S/c18-15-8-16-17-14-7-12(5-6-13(14)15)11-3-1-10(2-4-11)9-21(19)20/h1-8H,9H2,(H,17,18)(H,19,20). The zero-order valence-electron chi connectivity index (χ0n) is 10.9. The van der Waals surface area contributed by atoms with Gasteiger partial charge in [0.1, 0.15) is 0 Å². The molecule has 2 aromatic carbocycles. The third-order valence-electron chi connectivity index (χ3n) is 3.23. The van der Waals surface area contributed by atoms with Crippen molar-refractivity contribution in [2.24, 2.45) is 0 Å². The molecule has 0 aliphatic rings. The smallest absolute Gasteiger partial charge is 0.207 e. The Morgan fingerprint density at radius 3 is 2.52 bits per heavy atom. The summed E-state index contributed by atoms with van der Waals surface area (Å²) in [5, 5.41) is 7.21. The van der Waals surface area contributed by atoms with E-state index < -0.39 is 11.1 Å². The summed E-state index contributed by atoms with van der Waals surface area (Å²) in [4.78, 5) is 11.6. The summed E-state index contributed by atoms with van der Waals surface area (Å²) in [5.74, 6) is 0.120. The van der Waals surface area contributed by atoms with Gasteiger partial charge in [-0.15, -0.1) is 0 Å². The van der Waals surface area contributed by atoms with Crippen molar-refractivity contribution in [3.05, 3.63) is 64.4 Å². The van der Waals surface area contributed by atoms with E-state index in [1.807, 2.05) is 36.4 Å². The van der Waals surface area contributed by atoms with Gasteiger partial charge in [-0.2, -0.15) is 5.10 Å². The van der Waals surface area contributed by atoms with Gasteiger partial charge in [-0.3, -0.25) is 9.89 Å². The van der Waals surface area contributed by atoms with Gasteiger partial charge in [0.25, 0.3) is 0 Å². The van der Waals surface area contributed by atoms with E-state index in [4.69, 9.17) is 4.55 Å². The first-order valence-electron chi connectivity index (χ1n) is 6.28. The number of H-pyrrole nitrogens is 1. The van der Waals surface area contributed by atoms with Crippen LogP contribution in [-0.2, 0) is 16.8 Å². The van der Waals surface area contributed by atoms with Crippen molar-refractivity contribution < 1.29 is 8.76 Å². The van der Waals surface area contributed by atoms with E-state index in [0.29, 0.717) is 10.9 Å². The molecule has 106 valence electrons. The Labute approximate surface area is 122 Å². The van der Waals surface area contributed by atoms with E-state index in [1.54, 1.807) is 6.07 Å². The number of fused-ring (bicyclic) bond motifs is 1. The Kier molecular flexibility index (Phi) is 3.64. The topological polar surface area (TPSA) is 83.0 Å². The maximum Gasteiger partial charge on any atom is 0.207 e. The second kappa shape index (κ2) is 5.59. The Morgan fingerprint density at radius 1 is 1.10 bits per heavy atom. The molecule has 1 heterocycles. The molecule has 0 aliphatic heterocycles. The Hall–Kier alpha value is -2.31. The third kappa shape index (κ3) is 2.91. The van der Waals surface area contributed by atoms with Crippen molar-refractivity contribution in [2.75, 3.05) is 0 Å². The van der Waals surface area contributed by atoms with Gasteiger partial charge in [0.2, 0.25) is 5.43 Å². The van der Waals surface area contributed by atoms with Crippen LogP contribution in [0.4, 0.5) is 0 Å². The van der Waals surface area contributed by atoms with E-state index in [0.717, 1.165) is 16.7 Å². The minimum Gasteiger partial charge on any atom is -0.306 e. The van der Waals surface area contributed by atoms with E-state index in [2.05, 4.69) is 10.2 Å². The first kappa shape index (κ1) is 13.7. The second-order valence-corrected chi connectivity index (χ2v) is 5.59. The second-order valence-electron chi connectivity index (χ2n) is 4.66. The molecule has 2 N–H and O–H groups in total. The summed E-state index contributed by atoms with van der Waals surface area (Å²) in [6, 6.07) is 12.9. The van der Waals surface area contributed by atoms with Crippen molar-refractivity contribution in [1.82, 2.24) is 10.2 Å². The van der Waals surface area contributed by atoms with Crippen LogP contribution in [0.2, 0.25) is 0 Å². The van der Waals surface area contributed by atoms with E-state index in [-0.39, 0.29) is 11.2 Å². The van der Waals surface area contributed by atoms with Gasteiger partial charge < -0.3 is 4.55 Å². The van der Waals surface area contributed by atoms with Gasteiger partial charge in [0.05, 0.1) is 17.5 Å². The van der Waals surface area contributed by atoms with Crippen LogP contribution in [0.3, 0.4) is 0 Å². The van der Waals surface area contributed by atoms with E-state index in [9.17, 15) is 9.00 Å². The first-order valence-corrected chi connectivity index (χ1v) is 7.55. The van der Waals surface area contributed by atoms with Crippen LogP contribution in [-0.4, -0.2) is 19.0 Å². The fraction of sp³-hybridized carbons (Fsp3) is 0.0667. The lowest BCUT2D eigenvalue weighted by atomic mass is 10.0. The van der Waals surface area contributed by atoms with Gasteiger partial charge in [-0.25, -0.2) is 4.21 Å². The van der Waals surface area contributed by atoms with E-state index in [1.165, 1.54) is 6.20 Å². The van der Waals surface area contributed by atoms with Crippen molar-refractivity contribution in [3.63, 3.8) is 0 Å². The SMILES string of the molecule is O=c1cn[nH]c2cc(-c3ccc(CS(=O)O)cc3)ccc12. The molecule has 1 aromatic heterocycles. The summed E-state index contributed by atoms with van der Waals surface area (Å²) < 4.78 is 19.6. The van der Waals surface area contributed by atoms with Gasteiger partial charge in [-0.05, 0) is 28.8 Å². The zero-order chi connectivity index (χ0) is 14.8. The Balaban J connectivity index is 2.00. The normalized spacial score (nSPS) is 12.4. The van der Waals surface area contributed by atoms with Crippen molar-refractivity contribution in [3.8, 4) is 11.1 Å². The predicted molar refractivity (Wildman–Crippen MR) is 82.3 cm³/mol. The molecule has 6 heteroatoms. The average molecular weight is 300 g/mol. The highest BCUT2D eigenvalue weighted by atomic mass is 32.2. The monoisotopic (exact) mass is 300 g/mol. The molecule has 1 atom stereocenters. The molecule has 0 spiro atoms. The first-order chi connectivity index (χ1) is 10.1. The van der Waals surface area contributed by atoms with Gasteiger partial charge in [-0.1, -0.05) is 30.3 Å². The zero-order valence-corrected chi connectivity index (χ0v) is 11.8. The molecular weight excluding hydrogens is 288 g/mol. The number of hydrogen-bond donors (Lipinski definition) is 2. The quantitative estimate of drug-likeness (QED) is 0.727. The molecule has 21 heavy (non-hydrogen) atoms. The van der Waals surface area contributed by atoms with Crippen molar-refractivity contribution in [1.29, 1.82) is 0 Å². The lowest BCUT2D eigenvalue weighted by Crippen LogP contribution is -2.02. The summed E-state index contributed by atoms with van der Waals surface area (Å²) in [7, 11) is 0. The van der Waals surface area contributed by atoms with Crippen molar-refractivity contribution >= 4 is 22.0 Å². The molecule has 0 radical (unpaired) electrons. The van der Waals surface area contributed by atoms with Crippen LogP contribution in [0.15, 0.2) is 53.5 Å². The van der Waals surface area contributed by atoms with Crippen LogP contribution < -0.4 is 5.43 Å². The van der Waals surface area contributed by atoms with Crippen molar-refractivity contribution in [2.45, 2.75) is 5.75 Å². The number of rotatable bonds is 3. The highest BCUT2D eigenvalue weighted by Gasteiger charge is 2.04. The van der Waals surface area contributed by atoms with E-state index >= 15 is 0 Å². The molecular formula is C15H12N2O3S.